The van der Waals surface area contributed by atoms with Gasteiger partial charge in [0.15, 0.2) is 0 Å². The molecule has 0 bridgehead atoms. The summed E-state index contributed by atoms with van der Waals surface area (Å²) in [6, 6.07) is 11.8. The molecule has 1 aliphatic heterocycles. The molecule has 0 N–H and O–H groups in total. The first-order valence-electron chi connectivity index (χ1n) is 8.02. The first-order chi connectivity index (χ1) is 11.6. The van der Waals surface area contributed by atoms with Gasteiger partial charge in [0.05, 0.1) is 4.90 Å². The summed E-state index contributed by atoms with van der Waals surface area (Å²) in [5.74, 6) is -0.366. The minimum Gasteiger partial charge on any atom is -0.435 e. The molecule has 1 aliphatic rings. The van der Waals surface area contributed by atoms with Crippen LogP contribution in [0.4, 0.5) is 0 Å². The van der Waals surface area contributed by atoms with Gasteiger partial charge in [0.1, 0.15) is 9.80 Å². The van der Waals surface area contributed by atoms with Crippen molar-refractivity contribution in [3.05, 3.63) is 48.0 Å². The smallest absolute Gasteiger partial charge is 0.307 e. The van der Waals surface area contributed by atoms with E-state index in [1.54, 1.807) is 18.4 Å². The van der Waals surface area contributed by atoms with Gasteiger partial charge in [-0.05, 0) is 28.5 Å². The number of esters is 1. The largest absolute Gasteiger partial charge is 0.435 e. The van der Waals surface area contributed by atoms with Crippen LogP contribution in [-0.4, -0.2) is 21.8 Å². The molecule has 5 heteroatoms. The molecular formula is C19H20O4S. The van der Waals surface area contributed by atoms with Gasteiger partial charge in [0.25, 0.3) is 0 Å². The van der Waals surface area contributed by atoms with Crippen molar-refractivity contribution in [2.24, 2.45) is 0 Å². The lowest BCUT2D eigenvalue weighted by molar-refractivity contribution is -0.162. The van der Waals surface area contributed by atoms with E-state index in [0.717, 1.165) is 16.3 Å². The molecule has 126 valence electrons. The molecular weight excluding hydrogens is 324 g/mol. The number of hydrogen-bond acceptors (Lipinski definition) is 4. The third-order valence-electron chi connectivity index (χ3n) is 3.85. The first-order valence-corrected chi connectivity index (χ1v) is 9.56. The fraction of sp³-hybridized carbons (Fsp3) is 0.263. The monoisotopic (exact) mass is 344 g/mol. The van der Waals surface area contributed by atoms with Crippen molar-refractivity contribution < 1.29 is 17.9 Å². The molecule has 0 saturated heterocycles. The second-order valence-corrected chi connectivity index (χ2v) is 7.55. The van der Waals surface area contributed by atoms with Gasteiger partial charge < -0.3 is 4.74 Å². The molecule has 2 aromatic rings. The average Bonchev–Trinajstić information content (AvgIpc) is 2.60. The summed E-state index contributed by atoms with van der Waals surface area (Å²) in [5, 5.41) is 3.62. The van der Waals surface area contributed by atoms with Crippen LogP contribution in [0, 0.1) is 0 Å². The fourth-order valence-corrected chi connectivity index (χ4v) is 4.42. The lowest BCUT2D eigenvalue weighted by atomic mass is 10.1. The van der Waals surface area contributed by atoms with Crippen LogP contribution < -0.4 is 0 Å². The molecule has 3 rings (SSSR count). The van der Waals surface area contributed by atoms with Gasteiger partial charge in [-0.3, -0.25) is 8.98 Å². The van der Waals surface area contributed by atoms with Crippen LogP contribution >= 0.6 is 0 Å². The van der Waals surface area contributed by atoms with Crippen LogP contribution in [0.3, 0.4) is 0 Å². The van der Waals surface area contributed by atoms with Crippen molar-refractivity contribution in [3.8, 4) is 0 Å². The van der Waals surface area contributed by atoms with Crippen molar-refractivity contribution in [2.75, 3.05) is 0 Å². The van der Waals surface area contributed by atoms with Gasteiger partial charge in [0.2, 0.25) is 6.29 Å². The maximum Gasteiger partial charge on any atom is 0.307 e. The molecule has 0 aliphatic carbocycles. The minimum atomic E-state index is -2.90. The summed E-state index contributed by atoms with van der Waals surface area (Å²) < 4.78 is 24.4. The van der Waals surface area contributed by atoms with Crippen LogP contribution in [0.1, 0.15) is 32.3 Å². The van der Waals surface area contributed by atoms with Crippen LogP contribution in [0.25, 0.3) is 16.8 Å². The Kier molecular flexibility index (Phi) is 4.73. The van der Waals surface area contributed by atoms with Crippen molar-refractivity contribution in [1.82, 2.24) is 0 Å². The van der Waals surface area contributed by atoms with E-state index in [4.69, 9.17) is 8.92 Å². The Morgan fingerprint density at radius 1 is 1.17 bits per heavy atom. The van der Waals surface area contributed by atoms with Crippen LogP contribution in [0.5, 0.6) is 0 Å². The van der Waals surface area contributed by atoms with E-state index < -0.39 is 16.1 Å². The molecule has 0 aromatic heterocycles. The maximum atomic E-state index is 13.4. The van der Waals surface area contributed by atoms with Gasteiger partial charge in [-0.2, -0.15) is 0 Å². The fourth-order valence-electron chi connectivity index (χ4n) is 2.58. The van der Waals surface area contributed by atoms with Gasteiger partial charge in [0, 0.05) is 18.2 Å². The number of carbonyl (C=O) groups is 1. The van der Waals surface area contributed by atoms with Gasteiger partial charge in [-0.1, -0.05) is 50.3 Å². The summed E-state index contributed by atoms with van der Waals surface area (Å²) in [5.41, 5.74) is 0.859. The van der Waals surface area contributed by atoms with Crippen molar-refractivity contribution in [3.63, 3.8) is 0 Å². The van der Waals surface area contributed by atoms with Gasteiger partial charge in [-0.25, -0.2) is 4.21 Å². The first kappa shape index (κ1) is 16.7. The predicted molar refractivity (Wildman–Crippen MR) is 97.0 cm³/mol. The highest BCUT2D eigenvalue weighted by molar-refractivity contribution is 7.97. The Morgan fingerprint density at radius 3 is 2.54 bits per heavy atom. The number of allylic oxidation sites excluding steroid dienone is 1. The molecule has 0 radical (unpaired) electrons. The standard InChI is InChI=1S/C19H20O4S/c1-3-18(20)22-19(4-2)23-24(21)11-7-10-16-12-14-8-5-6-9-15(14)13-17(16)24/h5-13,19H,3-4H2,1-2H3. The molecule has 24 heavy (non-hydrogen) atoms. The van der Waals surface area contributed by atoms with Crippen molar-refractivity contribution >= 4 is 38.0 Å². The Labute approximate surface area is 142 Å². The molecule has 4 nitrogen and oxygen atoms in total. The minimum absolute atomic E-state index is 0.256. The average molecular weight is 344 g/mol. The SMILES string of the molecule is CCC(=O)OC(CC)OS1(=O)=CC=Cc2cc3ccccc3cc21. The van der Waals surface area contributed by atoms with E-state index in [2.05, 4.69) is 0 Å². The zero-order valence-electron chi connectivity index (χ0n) is 13.7. The van der Waals surface area contributed by atoms with Crippen molar-refractivity contribution in [2.45, 2.75) is 37.9 Å². The Hall–Kier alpha value is -2.11. The summed E-state index contributed by atoms with van der Waals surface area (Å²) in [4.78, 5) is 12.1. The van der Waals surface area contributed by atoms with E-state index in [1.165, 1.54) is 0 Å². The lowest BCUT2D eigenvalue weighted by Gasteiger charge is -2.22. The Balaban J connectivity index is 2.01. The molecule has 2 atom stereocenters. The highest BCUT2D eigenvalue weighted by Crippen LogP contribution is 2.29. The van der Waals surface area contributed by atoms with Crippen molar-refractivity contribution in [1.29, 1.82) is 0 Å². The number of rotatable bonds is 5. The van der Waals surface area contributed by atoms with E-state index in [9.17, 15) is 9.00 Å². The zero-order chi connectivity index (χ0) is 17.2. The Bertz CT molecular complexity index is 920. The highest BCUT2D eigenvalue weighted by Gasteiger charge is 2.24. The number of hydrogen-bond donors (Lipinski definition) is 0. The second kappa shape index (κ2) is 6.79. The van der Waals surface area contributed by atoms with Crippen LogP contribution in [-0.2, 0) is 23.5 Å². The summed E-state index contributed by atoms with van der Waals surface area (Å²) >= 11 is 0. The lowest BCUT2D eigenvalue weighted by Crippen LogP contribution is -2.25. The van der Waals surface area contributed by atoms with Gasteiger partial charge in [-0.15, -0.1) is 0 Å². The van der Waals surface area contributed by atoms with E-state index in [0.29, 0.717) is 11.3 Å². The number of benzene rings is 2. The van der Waals surface area contributed by atoms with Crippen LogP contribution in [0.15, 0.2) is 47.4 Å². The molecule has 0 saturated carbocycles. The van der Waals surface area contributed by atoms with Crippen LogP contribution in [0.2, 0.25) is 0 Å². The quantitative estimate of drug-likeness (QED) is 0.468. The third-order valence-corrected chi connectivity index (χ3v) is 5.84. The summed E-state index contributed by atoms with van der Waals surface area (Å²) in [7, 11) is -2.90. The highest BCUT2D eigenvalue weighted by atomic mass is 32.2. The second-order valence-electron chi connectivity index (χ2n) is 5.55. The number of carbonyl (C=O) groups excluding carboxylic acids is 1. The molecule has 2 aromatic carbocycles. The summed E-state index contributed by atoms with van der Waals surface area (Å²) in [6.45, 7) is 3.54. The topological polar surface area (TPSA) is 52.6 Å². The molecule has 0 fully saturated rings. The normalized spacial score (nSPS) is 20.2. The summed E-state index contributed by atoms with van der Waals surface area (Å²) in [6.07, 6.45) is 3.50. The zero-order valence-corrected chi connectivity index (χ0v) is 14.5. The van der Waals surface area contributed by atoms with E-state index >= 15 is 0 Å². The number of fused-ring (bicyclic) bond motifs is 2. The molecule has 0 spiro atoms. The van der Waals surface area contributed by atoms with Gasteiger partial charge >= 0.3 is 5.97 Å². The molecule has 0 amide bonds. The van der Waals surface area contributed by atoms with E-state index in [-0.39, 0.29) is 12.4 Å². The maximum absolute atomic E-state index is 13.4. The van der Waals surface area contributed by atoms with E-state index in [1.807, 2.05) is 49.4 Å². The Morgan fingerprint density at radius 2 is 1.88 bits per heavy atom. The third kappa shape index (κ3) is 3.23. The molecule has 2 unspecified atom stereocenters. The predicted octanol–water partition coefficient (Wildman–Crippen LogP) is 3.93. The molecule has 1 heterocycles. The number of ether oxygens (including phenoxy) is 1.